The molecule has 6 rings (SSSR count). The Hall–Kier alpha value is -3.20. The Bertz CT molecular complexity index is 1480. The lowest BCUT2D eigenvalue weighted by molar-refractivity contribution is 0.246. The van der Waals surface area contributed by atoms with Crippen LogP contribution in [0.25, 0.3) is 10.2 Å². The number of anilines is 1. The van der Waals surface area contributed by atoms with Crippen LogP contribution in [0.4, 0.5) is 5.69 Å². The smallest absolute Gasteiger partial charge is 0.262 e. The fraction of sp³-hybridized carbons (Fsp3) is 0.438. The zero-order valence-electron chi connectivity index (χ0n) is 23.4. The molecule has 8 heteroatoms. The van der Waals surface area contributed by atoms with Gasteiger partial charge in [0, 0.05) is 57.2 Å². The van der Waals surface area contributed by atoms with E-state index in [0.29, 0.717) is 6.54 Å². The van der Waals surface area contributed by atoms with Crippen molar-refractivity contribution >= 4 is 27.2 Å². The molecule has 0 radical (unpaired) electrons. The number of ether oxygens (including phenoxy) is 1. The van der Waals surface area contributed by atoms with Crippen molar-refractivity contribution in [2.24, 2.45) is 0 Å². The Morgan fingerprint density at radius 1 is 0.875 bits per heavy atom. The molecule has 0 amide bonds. The maximum atomic E-state index is 13.5. The van der Waals surface area contributed by atoms with Crippen molar-refractivity contribution in [2.75, 3.05) is 57.8 Å². The number of nitrogens with zero attached hydrogens (tertiary/aromatic N) is 5. The van der Waals surface area contributed by atoms with E-state index in [4.69, 9.17) is 9.72 Å². The van der Waals surface area contributed by atoms with Gasteiger partial charge in [0.1, 0.15) is 10.6 Å². The lowest BCUT2D eigenvalue weighted by Crippen LogP contribution is -2.47. The Labute approximate surface area is 240 Å². The van der Waals surface area contributed by atoms with Gasteiger partial charge >= 0.3 is 0 Å². The molecule has 0 spiro atoms. The number of aryl methyl sites for hydroxylation is 1. The summed E-state index contributed by atoms with van der Waals surface area (Å²) >= 11 is 1.72. The summed E-state index contributed by atoms with van der Waals surface area (Å²) in [4.78, 5) is 27.9. The molecular weight excluding hydrogens is 518 g/mol. The van der Waals surface area contributed by atoms with Crippen molar-refractivity contribution in [3.8, 4) is 5.75 Å². The van der Waals surface area contributed by atoms with E-state index < -0.39 is 0 Å². The lowest BCUT2D eigenvalue weighted by Gasteiger charge is -2.36. The normalized spacial score (nSPS) is 16.4. The summed E-state index contributed by atoms with van der Waals surface area (Å²) in [6.45, 7) is 8.45. The predicted molar refractivity (Wildman–Crippen MR) is 164 cm³/mol. The maximum Gasteiger partial charge on any atom is 0.262 e. The summed E-state index contributed by atoms with van der Waals surface area (Å²) in [5.74, 6) is 0.923. The second-order valence-electron chi connectivity index (χ2n) is 10.9. The molecule has 1 saturated heterocycles. The maximum absolute atomic E-state index is 13.5. The number of benzene rings is 2. The zero-order valence-corrected chi connectivity index (χ0v) is 24.2. The van der Waals surface area contributed by atoms with E-state index in [2.05, 4.69) is 57.2 Å². The van der Waals surface area contributed by atoms with E-state index in [1.54, 1.807) is 24.8 Å². The average Bonchev–Trinajstić information content (AvgIpc) is 3.38. The quantitative estimate of drug-likeness (QED) is 0.264. The molecule has 2 aliphatic rings. The van der Waals surface area contributed by atoms with Crippen molar-refractivity contribution in [3.05, 3.63) is 87.3 Å². The Kier molecular flexibility index (Phi) is 8.46. The molecule has 2 aromatic heterocycles. The molecular formula is C32H39N5O2S. The highest BCUT2D eigenvalue weighted by atomic mass is 32.1. The number of para-hydroxylation sites is 2. The Balaban J connectivity index is 1.03. The summed E-state index contributed by atoms with van der Waals surface area (Å²) in [5.41, 5.74) is 3.96. The Morgan fingerprint density at radius 2 is 1.68 bits per heavy atom. The van der Waals surface area contributed by atoms with Crippen molar-refractivity contribution in [1.29, 1.82) is 0 Å². The standard InChI is InChI=1S/C32H39N5O2S/c1-39-28-13-6-5-12-27(28)36-20-17-34(18-21-36)19-22-37-24-33-31-30(32(37)38)26-14-16-35(23-29(26)40-31)15-8-7-11-25-9-3-2-4-10-25/h2-6,9-10,12-13,24H,7-8,11,14-23H2,1H3. The summed E-state index contributed by atoms with van der Waals surface area (Å²) in [6, 6.07) is 19.0. The third kappa shape index (κ3) is 5.94. The minimum atomic E-state index is 0.131. The number of aromatic nitrogens is 2. The second kappa shape index (κ2) is 12.5. The van der Waals surface area contributed by atoms with E-state index in [9.17, 15) is 4.79 Å². The molecule has 0 atom stereocenters. The van der Waals surface area contributed by atoms with E-state index in [0.717, 1.165) is 86.9 Å². The molecule has 0 N–H and O–H groups in total. The first kappa shape index (κ1) is 27.0. The van der Waals surface area contributed by atoms with E-state index in [1.807, 2.05) is 16.7 Å². The lowest BCUT2D eigenvalue weighted by atomic mass is 10.0. The third-order valence-electron chi connectivity index (χ3n) is 8.39. The topological polar surface area (TPSA) is 53.8 Å². The van der Waals surface area contributed by atoms with Gasteiger partial charge in [-0.25, -0.2) is 4.98 Å². The molecule has 7 nitrogen and oxygen atoms in total. The molecule has 1 fully saturated rings. The number of hydrogen-bond donors (Lipinski definition) is 0. The van der Waals surface area contributed by atoms with Gasteiger partial charge in [0.15, 0.2) is 0 Å². The minimum Gasteiger partial charge on any atom is -0.495 e. The number of rotatable bonds is 10. The molecule has 0 bridgehead atoms. The van der Waals surface area contributed by atoms with Gasteiger partial charge in [-0.05, 0) is 55.5 Å². The summed E-state index contributed by atoms with van der Waals surface area (Å²) in [7, 11) is 1.73. The van der Waals surface area contributed by atoms with Crippen molar-refractivity contribution in [1.82, 2.24) is 19.4 Å². The van der Waals surface area contributed by atoms with Crippen LogP contribution < -0.4 is 15.2 Å². The monoisotopic (exact) mass is 557 g/mol. The number of piperazine rings is 1. The molecule has 0 aliphatic carbocycles. The number of unbranched alkanes of at least 4 members (excludes halogenated alkanes) is 1. The number of methoxy groups -OCH3 is 1. The summed E-state index contributed by atoms with van der Waals surface area (Å²) in [6.07, 6.45) is 6.26. The number of fused-ring (bicyclic) bond motifs is 3. The van der Waals surface area contributed by atoms with Crippen LogP contribution in [0.5, 0.6) is 5.75 Å². The molecule has 4 aromatic rings. The van der Waals surface area contributed by atoms with Crippen LogP contribution >= 0.6 is 11.3 Å². The van der Waals surface area contributed by atoms with Gasteiger partial charge in [-0.2, -0.15) is 0 Å². The van der Waals surface area contributed by atoms with Crippen LogP contribution in [0.15, 0.2) is 65.7 Å². The fourth-order valence-electron chi connectivity index (χ4n) is 6.08. The minimum absolute atomic E-state index is 0.131. The molecule has 40 heavy (non-hydrogen) atoms. The molecule has 2 aromatic carbocycles. The summed E-state index contributed by atoms with van der Waals surface area (Å²) < 4.78 is 7.38. The van der Waals surface area contributed by atoms with Gasteiger partial charge in [0.2, 0.25) is 0 Å². The van der Waals surface area contributed by atoms with Gasteiger partial charge in [-0.15, -0.1) is 11.3 Å². The van der Waals surface area contributed by atoms with Gasteiger partial charge in [-0.1, -0.05) is 42.5 Å². The molecule has 0 saturated carbocycles. The molecule has 210 valence electrons. The SMILES string of the molecule is COc1ccccc1N1CCN(CCn2cnc3sc4c(c3c2=O)CCN(CCCCc2ccccc2)C4)CC1. The van der Waals surface area contributed by atoms with E-state index in [1.165, 1.54) is 28.8 Å². The highest BCUT2D eigenvalue weighted by Gasteiger charge is 2.24. The third-order valence-corrected chi connectivity index (χ3v) is 9.52. The number of thiophene rings is 1. The first-order valence-corrected chi connectivity index (χ1v) is 15.4. The van der Waals surface area contributed by atoms with Crippen molar-refractivity contribution in [2.45, 2.75) is 38.8 Å². The van der Waals surface area contributed by atoms with Crippen molar-refractivity contribution < 1.29 is 4.74 Å². The van der Waals surface area contributed by atoms with Crippen LogP contribution in [0, 0.1) is 0 Å². The van der Waals surface area contributed by atoms with Crippen LogP contribution in [0.1, 0.15) is 28.8 Å². The summed E-state index contributed by atoms with van der Waals surface area (Å²) in [5, 5.41) is 0.868. The zero-order chi connectivity index (χ0) is 27.3. The van der Waals surface area contributed by atoms with E-state index in [-0.39, 0.29) is 5.56 Å². The largest absolute Gasteiger partial charge is 0.495 e. The van der Waals surface area contributed by atoms with Gasteiger partial charge < -0.3 is 9.64 Å². The van der Waals surface area contributed by atoms with Gasteiger partial charge in [0.25, 0.3) is 5.56 Å². The van der Waals surface area contributed by atoms with Crippen LogP contribution in [-0.4, -0.2) is 72.3 Å². The Morgan fingerprint density at radius 3 is 2.50 bits per heavy atom. The first-order valence-electron chi connectivity index (χ1n) is 14.6. The highest BCUT2D eigenvalue weighted by Crippen LogP contribution is 2.32. The first-order chi connectivity index (χ1) is 19.7. The molecule has 2 aliphatic heterocycles. The van der Waals surface area contributed by atoms with Crippen molar-refractivity contribution in [3.63, 3.8) is 0 Å². The molecule has 4 heterocycles. The van der Waals surface area contributed by atoms with Crippen LogP contribution in [0.2, 0.25) is 0 Å². The second-order valence-corrected chi connectivity index (χ2v) is 12.0. The highest BCUT2D eigenvalue weighted by molar-refractivity contribution is 7.18. The average molecular weight is 558 g/mol. The van der Waals surface area contributed by atoms with Crippen LogP contribution in [0.3, 0.4) is 0 Å². The predicted octanol–water partition coefficient (Wildman–Crippen LogP) is 4.67. The number of hydrogen-bond acceptors (Lipinski definition) is 7. The van der Waals surface area contributed by atoms with Crippen LogP contribution in [-0.2, 0) is 25.9 Å². The van der Waals surface area contributed by atoms with Gasteiger partial charge in [-0.3, -0.25) is 19.2 Å². The fourth-order valence-corrected chi connectivity index (χ4v) is 7.30. The molecule has 0 unspecified atom stereocenters. The van der Waals surface area contributed by atoms with E-state index >= 15 is 0 Å². The van der Waals surface area contributed by atoms with Gasteiger partial charge in [0.05, 0.1) is 24.5 Å².